The van der Waals surface area contributed by atoms with Crippen molar-refractivity contribution in [3.63, 3.8) is 0 Å². The molecule has 8 heteroatoms. The molecule has 0 saturated heterocycles. The molecule has 2 N–H and O–H groups in total. The maximum atomic E-state index is 13.3. The summed E-state index contributed by atoms with van der Waals surface area (Å²) >= 11 is 5.70. The van der Waals surface area contributed by atoms with E-state index in [0.717, 1.165) is 12.3 Å². The first-order valence-electron chi connectivity index (χ1n) is 4.98. The summed E-state index contributed by atoms with van der Waals surface area (Å²) < 4.78 is 37.0. The van der Waals surface area contributed by atoms with Crippen LogP contribution in [0.25, 0.3) is 0 Å². The Morgan fingerprint density at radius 1 is 1.39 bits per heavy atom. The van der Waals surface area contributed by atoms with Gasteiger partial charge in [-0.2, -0.15) is 0 Å². The number of hydrogen-bond donors (Lipinski definition) is 2. The van der Waals surface area contributed by atoms with Crippen molar-refractivity contribution in [3.8, 4) is 0 Å². The van der Waals surface area contributed by atoms with Crippen molar-refractivity contribution in [2.45, 2.75) is 0 Å². The highest BCUT2D eigenvalue weighted by molar-refractivity contribution is 7.88. The maximum absolute atomic E-state index is 13.3. The third-order valence-electron chi connectivity index (χ3n) is 1.96. The monoisotopic (exact) mass is 294 g/mol. The van der Waals surface area contributed by atoms with Gasteiger partial charge in [0.1, 0.15) is 5.82 Å². The number of rotatable bonds is 5. The second-order valence-corrected chi connectivity index (χ2v) is 5.76. The van der Waals surface area contributed by atoms with E-state index in [9.17, 15) is 17.6 Å². The van der Waals surface area contributed by atoms with Crippen molar-refractivity contribution >= 4 is 27.5 Å². The van der Waals surface area contributed by atoms with Crippen LogP contribution in [0.5, 0.6) is 0 Å². The van der Waals surface area contributed by atoms with Crippen molar-refractivity contribution in [3.05, 3.63) is 34.6 Å². The summed E-state index contributed by atoms with van der Waals surface area (Å²) in [6, 6.07) is 3.91. The molecule has 1 amide bonds. The molecular weight excluding hydrogens is 283 g/mol. The van der Waals surface area contributed by atoms with E-state index in [0.29, 0.717) is 0 Å². The van der Waals surface area contributed by atoms with Crippen LogP contribution in [0.2, 0.25) is 5.02 Å². The standard InChI is InChI=1S/C10H12ClFN2O3S/c1-18(16,17)14-6-5-13-10(15)9-7(11)3-2-4-8(9)12/h2-4,14H,5-6H2,1H3,(H,13,15). The van der Waals surface area contributed by atoms with Crippen LogP contribution in [0.3, 0.4) is 0 Å². The summed E-state index contributed by atoms with van der Waals surface area (Å²) in [5.41, 5.74) is -0.251. The molecular formula is C10H12ClFN2O3S. The van der Waals surface area contributed by atoms with Gasteiger partial charge in [-0.25, -0.2) is 17.5 Å². The van der Waals surface area contributed by atoms with E-state index in [-0.39, 0.29) is 23.7 Å². The van der Waals surface area contributed by atoms with Gasteiger partial charge < -0.3 is 5.32 Å². The number of carbonyl (C=O) groups is 1. The molecule has 0 spiro atoms. The van der Waals surface area contributed by atoms with E-state index < -0.39 is 21.7 Å². The topological polar surface area (TPSA) is 75.3 Å². The molecule has 0 aliphatic heterocycles. The number of hydrogen-bond acceptors (Lipinski definition) is 3. The zero-order valence-electron chi connectivity index (χ0n) is 9.54. The van der Waals surface area contributed by atoms with Crippen LogP contribution in [0.15, 0.2) is 18.2 Å². The molecule has 0 aliphatic carbocycles. The summed E-state index contributed by atoms with van der Waals surface area (Å²) in [6.45, 7) is 0.0627. The summed E-state index contributed by atoms with van der Waals surface area (Å²) in [5.74, 6) is -1.41. The van der Waals surface area contributed by atoms with Crippen LogP contribution in [0.1, 0.15) is 10.4 Å². The van der Waals surface area contributed by atoms with E-state index in [1.807, 2.05) is 0 Å². The molecule has 1 aromatic rings. The van der Waals surface area contributed by atoms with Gasteiger partial charge in [-0.3, -0.25) is 4.79 Å². The lowest BCUT2D eigenvalue weighted by Gasteiger charge is -2.07. The molecule has 0 bridgehead atoms. The van der Waals surface area contributed by atoms with E-state index >= 15 is 0 Å². The minimum atomic E-state index is -3.30. The fourth-order valence-electron chi connectivity index (χ4n) is 1.22. The Morgan fingerprint density at radius 3 is 2.61 bits per heavy atom. The van der Waals surface area contributed by atoms with Crippen molar-refractivity contribution in [1.29, 1.82) is 0 Å². The normalized spacial score (nSPS) is 11.3. The van der Waals surface area contributed by atoms with Crippen LogP contribution < -0.4 is 10.0 Å². The number of sulfonamides is 1. The van der Waals surface area contributed by atoms with Crippen LogP contribution in [0, 0.1) is 5.82 Å². The first-order valence-corrected chi connectivity index (χ1v) is 7.25. The molecule has 0 fully saturated rings. The number of halogens is 2. The minimum Gasteiger partial charge on any atom is -0.351 e. The van der Waals surface area contributed by atoms with Crippen LogP contribution in [-0.2, 0) is 10.0 Å². The minimum absolute atomic E-state index is 0.00331. The zero-order valence-corrected chi connectivity index (χ0v) is 11.1. The number of amides is 1. The Kier molecular flexibility index (Phi) is 5.06. The van der Waals surface area contributed by atoms with E-state index in [1.54, 1.807) is 0 Å². The van der Waals surface area contributed by atoms with Gasteiger partial charge in [0.2, 0.25) is 10.0 Å². The van der Waals surface area contributed by atoms with Crippen molar-refractivity contribution in [2.24, 2.45) is 0 Å². The fourth-order valence-corrected chi connectivity index (χ4v) is 1.94. The number of carbonyl (C=O) groups excluding carboxylic acids is 1. The molecule has 18 heavy (non-hydrogen) atoms. The van der Waals surface area contributed by atoms with Crippen LogP contribution in [0.4, 0.5) is 4.39 Å². The highest BCUT2D eigenvalue weighted by atomic mass is 35.5. The number of nitrogens with one attached hydrogen (secondary N) is 2. The molecule has 0 saturated carbocycles. The largest absolute Gasteiger partial charge is 0.351 e. The molecule has 0 aliphatic rings. The Hall–Kier alpha value is -1.18. The van der Waals surface area contributed by atoms with Crippen molar-refractivity contribution in [2.75, 3.05) is 19.3 Å². The van der Waals surface area contributed by atoms with E-state index in [2.05, 4.69) is 10.0 Å². The summed E-state index contributed by atoms with van der Waals surface area (Å²) in [7, 11) is -3.30. The summed E-state index contributed by atoms with van der Waals surface area (Å²) in [5, 5.41) is 2.37. The summed E-state index contributed by atoms with van der Waals surface area (Å²) in [6.07, 6.45) is 1.00. The Balaban J connectivity index is 2.56. The highest BCUT2D eigenvalue weighted by Crippen LogP contribution is 2.18. The van der Waals surface area contributed by atoms with E-state index in [4.69, 9.17) is 11.6 Å². The van der Waals surface area contributed by atoms with Gasteiger partial charge in [0.15, 0.2) is 0 Å². The molecule has 100 valence electrons. The molecule has 1 rings (SSSR count). The summed E-state index contributed by atoms with van der Waals surface area (Å²) in [4.78, 5) is 11.6. The van der Waals surface area contributed by atoms with Gasteiger partial charge in [-0.1, -0.05) is 17.7 Å². The van der Waals surface area contributed by atoms with Crippen molar-refractivity contribution < 1.29 is 17.6 Å². The number of benzene rings is 1. The maximum Gasteiger partial charge on any atom is 0.255 e. The van der Waals surface area contributed by atoms with Gasteiger partial charge in [-0.05, 0) is 12.1 Å². The second-order valence-electron chi connectivity index (χ2n) is 3.52. The molecule has 0 unspecified atom stereocenters. The average molecular weight is 295 g/mol. The van der Waals surface area contributed by atoms with Gasteiger partial charge in [0.25, 0.3) is 5.91 Å². The molecule has 0 aromatic heterocycles. The lowest BCUT2D eigenvalue weighted by molar-refractivity contribution is 0.0950. The lowest BCUT2D eigenvalue weighted by Crippen LogP contribution is -2.34. The van der Waals surface area contributed by atoms with Gasteiger partial charge in [-0.15, -0.1) is 0 Å². The predicted molar refractivity (Wildman–Crippen MR) is 66.6 cm³/mol. The highest BCUT2D eigenvalue weighted by Gasteiger charge is 2.14. The second kappa shape index (κ2) is 6.12. The first-order chi connectivity index (χ1) is 8.31. The van der Waals surface area contributed by atoms with Crippen molar-refractivity contribution in [1.82, 2.24) is 10.0 Å². The average Bonchev–Trinajstić information content (AvgIpc) is 2.23. The zero-order chi connectivity index (χ0) is 13.8. The Morgan fingerprint density at radius 2 is 2.06 bits per heavy atom. The Bertz CT molecular complexity index is 528. The predicted octanol–water partition coefficient (Wildman–Crippen LogP) is 0.758. The van der Waals surface area contributed by atoms with Gasteiger partial charge in [0, 0.05) is 13.1 Å². The lowest BCUT2D eigenvalue weighted by atomic mass is 10.2. The van der Waals surface area contributed by atoms with Crippen LogP contribution >= 0.6 is 11.6 Å². The molecule has 0 radical (unpaired) electrons. The molecule has 5 nitrogen and oxygen atoms in total. The first kappa shape index (κ1) is 14.9. The molecule has 1 aromatic carbocycles. The quantitative estimate of drug-likeness (QED) is 0.787. The van der Waals surface area contributed by atoms with E-state index in [1.165, 1.54) is 12.1 Å². The fraction of sp³-hybridized carbons (Fsp3) is 0.300. The third kappa shape index (κ3) is 4.59. The molecule has 0 atom stereocenters. The SMILES string of the molecule is CS(=O)(=O)NCCNC(=O)c1c(F)cccc1Cl. The smallest absolute Gasteiger partial charge is 0.255 e. The van der Waals surface area contributed by atoms with Gasteiger partial charge >= 0.3 is 0 Å². The third-order valence-corrected chi connectivity index (χ3v) is 3.01. The molecule has 0 heterocycles. The van der Waals surface area contributed by atoms with Crippen LogP contribution in [-0.4, -0.2) is 33.7 Å². The Labute approximate surface area is 109 Å². The van der Waals surface area contributed by atoms with Gasteiger partial charge in [0.05, 0.1) is 16.8 Å².